The van der Waals surface area contributed by atoms with Crippen molar-refractivity contribution in [3.8, 4) is 11.3 Å². The number of halogens is 2. The molecule has 2 aliphatic rings. The summed E-state index contributed by atoms with van der Waals surface area (Å²) in [5.41, 5.74) is 2.72. The van der Waals surface area contributed by atoms with Gasteiger partial charge in [0.15, 0.2) is 0 Å². The van der Waals surface area contributed by atoms with Crippen molar-refractivity contribution in [2.24, 2.45) is 0 Å². The minimum absolute atomic E-state index is 0.199. The van der Waals surface area contributed by atoms with Crippen molar-refractivity contribution >= 4 is 17.5 Å². The van der Waals surface area contributed by atoms with Crippen LogP contribution in [0.15, 0.2) is 24.5 Å². The first-order valence-corrected chi connectivity index (χ1v) is 12.7. The molecule has 4 rings (SSSR count). The van der Waals surface area contributed by atoms with E-state index in [9.17, 15) is 8.78 Å². The van der Waals surface area contributed by atoms with Gasteiger partial charge in [0.2, 0.25) is 5.95 Å². The Morgan fingerprint density at radius 1 is 1.06 bits per heavy atom. The van der Waals surface area contributed by atoms with E-state index in [4.69, 9.17) is 9.97 Å². The van der Waals surface area contributed by atoms with E-state index in [0.29, 0.717) is 25.0 Å². The van der Waals surface area contributed by atoms with Crippen molar-refractivity contribution in [2.45, 2.75) is 57.7 Å². The average Bonchev–Trinajstić information content (AvgIpc) is 2.89. The smallest absolute Gasteiger partial charge is 0.224 e. The first-order chi connectivity index (χ1) is 16.7. The van der Waals surface area contributed by atoms with Gasteiger partial charge in [-0.05, 0) is 31.4 Å². The molecule has 1 atom stereocenters. The monoisotopic (exact) mass is 473 g/mol. The molecule has 0 bridgehead atoms. The maximum Gasteiger partial charge on any atom is 0.224 e. The molecule has 2 N–H and O–H groups in total. The fourth-order valence-corrected chi connectivity index (χ4v) is 4.63. The third kappa shape index (κ3) is 6.52. The fraction of sp³-hybridized carbons (Fsp3) is 0.640. The summed E-state index contributed by atoms with van der Waals surface area (Å²) in [5.74, 6) is 1.18. The van der Waals surface area contributed by atoms with E-state index >= 15 is 0 Å². The van der Waals surface area contributed by atoms with Crippen LogP contribution in [0.3, 0.4) is 0 Å². The summed E-state index contributed by atoms with van der Waals surface area (Å²) in [7, 11) is 0. The fourth-order valence-electron chi connectivity index (χ4n) is 4.63. The molecule has 1 saturated heterocycles. The molecule has 1 unspecified atom stereocenters. The van der Waals surface area contributed by atoms with Crippen molar-refractivity contribution in [3.63, 3.8) is 0 Å². The van der Waals surface area contributed by atoms with E-state index in [1.807, 2.05) is 19.2 Å². The van der Waals surface area contributed by atoms with Gasteiger partial charge in [-0.1, -0.05) is 26.2 Å². The summed E-state index contributed by atoms with van der Waals surface area (Å²) in [6.45, 7) is 5.70. The first kappa shape index (κ1) is 24.6. The predicted molar refractivity (Wildman–Crippen MR) is 134 cm³/mol. The molecule has 2 aromatic heterocycles. The van der Waals surface area contributed by atoms with Gasteiger partial charge in [-0.25, -0.2) is 13.8 Å². The largest absolute Gasteiger partial charge is 0.368 e. The third-order valence-electron chi connectivity index (χ3n) is 6.82. The van der Waals surface area contributed by atoms with Gasteiger partial charge in [-0.3, -0.25) is 9.88 Å². The van der Waals surface area contributed by atoms with Crippen LogP contribution in [0, 0.1) is 0 Å². The standard InChI is InChI=1S/C25H37F2N7/c1-2-19(27)16-29-25-30-18-22(24(32-25)31-20-6-4-3-5-7-20)23-9-8-21(17-28-23)34-14-12-33(11-10-26)13-15-34/h8-9,17-20H,2-7,10-16H2,1H3,(H2,29,30,31,32). The number of pyridine rings is 1. The van der Waals surface area contributed by atoms with Gasteiger partial charge in [0.05, 0.1) is 23.1 Å². The molecular formula is C25H37F2N7. The molecule has 0 radical (unpaired) electrons. The number of piperazine rings is 1. The molecule has 2 aromatic rings. The lowest BCUT2D eigenvalue weighted by atomic mass is 9.95. The van der Waals surface area contributed by atoms with Gasteiger partial charge in [-0.15, -0.1) is 0 Å². The number of anilines is 3. The Kier molecular flexibility index (Phi) is 8.85. The Bertz CT molecular complexity index is 881. The zero-order valence-electron chi connectivity index (χ0n) is 20.1. The van der Waals surface area contributed by atoms with Crippen molar-refractivity contribution in [1.29, 1.82) is 0 Å². The minimum atomic E-state index is -0.925. The van der Waals surface area contributed by atoms with E-state index < -0.39 is 6.17 Å². The summed E-state index contributed by atoms with van der Waals surface area (Å²) >= 11 is 0. The highest BCUT2D eigenvalue weighted by Gasteiger charge is 2.20. The second kappa shape index (κ2) is 12.2. The van der Waals surface area contributed by atoms with Gasteiger partial charge in [-0.2, -0.15) is 4.98 Å². The Morgan fingerprint density at radius 3 is 2.53 bits per heavy atom. The Hall–Kier alpha value is -2.55. The maximum atomic E-state index is 13.7. The third-order valence-corrected chi connectivity index (χ3v) is 6.82. The molecule has 1 aliphatic heterocycles. The van der Waals surface area contributed by atoms with Gasteiger partial charge in [0.1, 0.15) is 18.7 Å². The van der Waals surface area contributed by atoms with E-state index in [1.54, 1.807) is 6.20 Å². The molecule has 0 aromatic carbocycles. The van der Waals surface area contributed by atoms with Crippen LogP contribution >= 0.6 is 0 Å². The second-order valence-electron chi connectivity index (χ2n) is 9.24. The number of nitrogens with zero attached hydrogens (tertiary/aromatic N) is 5. The molecule has 3 heterocycles. The van der Waals surface area contributed by atoms with Gasteiger partial charge < -0.3 is 15.5 Å². The van der Waals surface area contributed by atoms with Crippen molar-refractivity contribution in [3.05, 3.63) is 24.5 Å². The number of nitrogens with one attached hydrogen (secondary N) is 2. The maximum absolute atomic E-state index is 13.7. The van der Waals surface area contributed by atoms with Crippen LogP contribution in [0.2, 0.25) is 0 Å². The molecule has 34 heavy (non-hydrogen) atoms. The average molecular weight is 474 g/mol. The molecule has 1 aliphatic carbocycles. The number of rotatable bonds is 10. The minimum Gasteiger partial charge on any atom is -0.368 e. The molecular weight excluding hydrogens is 436 g/mol. The lowest BCUT2D eigenvalue weighted by Crippen LogP contribution is -2.47. The first-order valence-electron chi connectivity index (χ1n) is 12.7. The van der Waals surface area contributed by atoms with E-state index in [2.05, 4.69) is 31.5 Å². The van der Waals surface area contributed by atoms with Crippen molar-refractivity contribution in [1.82, 2.24) is 19.9 Å². The molecule has 2 fully saturated rings. The van der Waals surface area contributed by atoms with Crippen LogP contribution < -0.4 is 15.5 Å². The lowest BCUT2D eigenvalue weighted by Gasteiger charge is -2.35. The molecule has 0 amide bonds. The van der Waals surface area contributed by atoms with Gasteiger partial charge >= 0.3 is 0 Å². The van der Waals surface area contributed by atoms with Gasteiger partial charge in [0, 0.05) is 51.5 Å². The van der Waals surface area contributed by atoms with Crippen LogP contribution in [-0.4, -0.2) is 78.0 Å². The van der Waals surface area contributed by atoms with Crippen LogP contribution in [0.5, 0.6) is 0 Å². The van der Waals surface area contributed by atoms with Crippen molar-refractivity contribution < 1.29 is 8.78 Å². The lowest BCUT2D eigenvalue weighted by molar-refractivity contribution is 0.235. The zero-order valence-corrected chi connectivity index (χ0v) is 20.1. The summed E-state index contributed by atoms with van der Waals surface area (Å²) < 4.78 is 26.3. The Balaban J connectivity index is 1.49. The molecule has 186 valence electrons. The number of hydrogen-bond acceptors (Lipinski definition) is 7. The van der Waals surface area contributed by atoms with E-state index in [-0.39, 0.29) is 13.2 Å². The summed E-state index contributed by atoms with van der Waals surface area (Å²) in [4.78, 5) is 18.3. The van der Waals surface area contributed by atoms with Crippen LogP contribution in [0.1, 0.15) is 45.4 Å². The SMILES string of the molecule is CCC(F)CNc1ncc(-c2ccc(N3CCN(CCF)CC3)cn2)c(NC2CCCCC2)n1. The predicted octanol–water partition coefficient (Wildman–Crippen LogP) is 4.53. The number of aromatic nitrogens is 3. The molecule has 1 saturated carbocycles. The summed E-state index contributed by atoms with van der Waals surface area (Å²) in [6.07, 6.45) is 9.16. The highest BCUT2D eigenvalue weighted by molar-refractivity contribution is 5.73. The van der Waals surface area contributed by atoms with Gasteiger partial charge in [0.25, 0.3) is 0 Å². The van der Waals surface area contributed by atoms with E-state index in [0.717, 1.165) is 61.8 Å². The highest BCUT2D eigenvalue weighted by Crippen LogP contribution is 2.30. The summed E-state index contributed by atoms with van der Waals surface area (Å²) in [5, 5.41) is 6.64. The summed E-state index contributed by atoms with van der Waals surface area (Å²) in [6, 6.07) is 4.47. The molecule has 7 nitrogen and oxygen atoms in total. The van der Waals surface area contributed by atoms with Crippen LogP contribution in [-0.2, 0) is 0 Å². The topological polar surface area (TPSA) is 69.2 Å². The van der Waals surface area contributed by atoms with Crippen LogP contribution in [0.25, 0.3) is 11.3 Å². The Morgan fingerprint density at radius 2 is 1.85 bits per heavy atom. The molecule has 9 heteroatoms. The second-order valence-corrected chi connectivity index (χ2v) is 9.24. The van der Waals surface area contributed by atoms with Crippen molar-refractivity contribution in [2.75, 3.05) is 61.5 Å². The Labute approximate surface area is 201 Å². The zero-order chi connectivity index (χ0) is 23.8. The normalized spacial score (nSPS) is 18.6. The van der Waals surface area contributed by atoms with E-state index in [1.165, 1.54) is 19.3 Å². The number of alkyl halides is 2. The van der Waals surface area contributed by atoms with Crippen LogP contribution in [0.4, 0.5) is 26.2 Å². The number of hydrogen-bond donors (Lipinski definition) is 2. The quantitative estimate of drug-likeness (QED) is 0.525. The molecule has 0 spiro atoms. The highest BCUT2D eigenvalue weighted by atomic mass is 19.1.